The van der Waals surface area contributed by atoms with E-state index in [0.29, 0.717) is 4.88 Å². The van der Waals surface area contributed by atoms with Crippen molar-refractivity contribution >= 4 is 17.2 Å². The molecule has 0 radical (unpaired) electrons. The van der Waals surface area contributed by atoms with Crippen LogP contribution in [0.2, 0.25) is 0 Å². The first kappa shape index (κ1) is 15.5. The van der Waals surface area contributed by atoms with Gasteiger partial charge in [-0.1, -0.05) is 11.8 Å². The number of hydrogen-bond acceptors (Lipinski definition) is 3. The average molecular weight is 290 g/mol. The molecular formula is C12H13F3N2OS. The summed E-state index contributed by atoms with van der Waals surface area (Å²) in [6.07, 6.45) is -4.40. The van der Waals surface area contributed by atoms with Crippen molar-refractivity contribution in [3.8, 4) is 11.8 Å². The van der Waals surface area contributed by atoms with Crippen LogP contribution in [0, 0.1) is 11.8 Å². The zero-order valence-corrected chi connectivity index (χ0v) is 11.1. The Balaban J connectivity index is 2.83. The second kappa shape index (κ2) is 6.59. The number of halogens is 3. The second-order valence-corrected chi connectivity index (χ2v) is 4.55. The van der Waals surface area contributed by atoms with Gasteiger partial charge in [0.15, 0.2) is 0 Å². The monoisotopic (exact) mass is 290 g/mol. The Hall–Kier alpha value is -1.52. The van der Waals surface area contributed by atoms with Gasteiger partial charge in [-0.05, 0) is 13.0 Å². The third-order valence-corrected chi connectivity index (χ3v) is 3.04. The number of amides is 1. The van der Waals surface area contributed by atoms with Crippen LogP contribution in [0.3, 0.4) is 0 Å². The van der Waals surface area contributed by atoms with Crippen molar-refractivity contribution in [3.05, 3.63) is 21.9 Å². The van der Waals surface area contributed by atoms with Crippen LogP contribution >= 0.6 is 11.3 Å². The maximum Gasteiger partial charge on any atom is 0.406 e. The van der Waals surface area contributed by atoms with E-state index in [4.69, 9.17) is 5.73 Å². The van der Waals surface area contributed by atoms with Crippen LogP contribution in [0.5, 0.6) is 0 Å². The van der Waals surface area contributed by atoms with Gasteiger partial charge in [0.1, 0.15) is 6.54 Å². The minimum atomic E-state index is -4.40. The highest BCUT2D eigenvalue weighted by molar-refractivity contribution is 7.10. The largest absolute Gasteiger partial charge is 0.406 e. The minimum absolute atomic E-state index is 0.00198. The molecule has 0 aliphatic rings. The molecule has 0 unspecified atom stereocenters. The van der Waals surface area contributed by atoms with Crippen molar-refractivity contribution in [3.63, 3.8) is 0 Å². The summed E-state index contributed by atoms with van der Waals surface area (Å²) in [4.78, 5) is 13.3. The third kappa shape index (κ3) is 4.93. The minimum Gasteiger partial charge on any atom is -0.330 e. The van der Waals surface area contributed by atoms with Gasteiger partial charge in [-0.25, -0.2) is 0 Å². The molecule has 0 bridgehead atoms. The first-order valence-electron chi connectivity index (χ1n) is 5.51. The van der Waals surface area contributed by atoms with Crippen molar-refractivity contribution in [1.82, 2.24) is 4.90 Å². The lowest BCUT2D eigenvalue weighted by Gasteiger charge is -2.21. The molecule has 1 amide bonds. The number of thiophene rings is 1. The van der Waals surface area contributed by atoms with E-state index in [1.54, 1.807) is 0 Å². The normalized spacial score (nSPS) is 10.8. The van der Waals surface area contributed by atoms with Crippen molar-refractivity contribution in [2.45, 2.75) is 13.1 Å². The van der Waals surface area contributed by atoms with E-state index >= 15 is 0 Å². The number of carbonyl (C=O) groups is 1. The predicted octanol–water partition coefficient (Wildman–Crippen LogP) is 2.08. The van der Waals surface area contributed by atoms with E-state index in [-0.39, 0.29) is 18.7 Å². The average Bonchev–Trinajstić information content (AvgIpc) is 2.80. The van der Waals surface area contributed by atoms with Gasteiger partial charge >= 0.3 is 6.18 Å². The fraction of sp³-hybridized carbons (Fsp3) is 0.417. The molecule has 0 aliphatic heterocycles. The van der Waals surface area contributed by atoms with Gasteiger partial charge in [-0.2, -0.15) is 13.2 Å². The zero-order chi connectivity index (χ0) is 14.5. The fourth-order valence-electron chi connectivity index (χ4n) is 1.38. The Morgan fingerprint density at radius 2 is 2.21 bits per heavy atom. The SMILES string of the molecule is CCN(CC(F)(F)F)C(=O)c1csc(C#CCN)c1. The first-order chi connectivity index (χ1) is 8.87. The summed E-state index contributed by atoms with van der Waals surface area (Å²) >= 11 is 1.21. The molecule has 0 aromatic carbocycles. The predicted molar refractivity (Wildman–Crippen MR) is 67.9 cm³/mol. The molecule has 1 aromatic rings. The zero-order valence-electron chi connectivity index (χ0n) is 10.3. The van der Waals surface area contributed by atoms with E-state index in [2.05, 4.69) is 11.8 Å². The van der Waals surface area contributed by atoms with Gasteiger partial charge in [-0.3, -0.25) is 4.79 Å². The van der Waals surface area contributed by atoms with Gasteiger partial charge in [-0.15, -0.1) is 11.3 Å². The summed E-state index contributed by atoms with van der Waals surface area (Å²) in [7, 11) is 0. The third-order valence-electron chi connectivity index (χ3n) is 2.20. The number of hydrogen-bond donors (Lipinski definition) is 1. The van der Waals surface area contributed by atoms with Crippen LogP contribution in [0.4, 0.5) is 13.2 Å². The van der Waals surface area contributed by atoms with Crippen molar-refractivity contribution in [2.75, 3.05) is 19.6 Å². The molecule has 0 atom stereocenters. The summed E-state index contributed by atoms with van der Waals surface area (Å²) in [5, 5.41) is 1.50. The molecule has 0 spiro atoms. The van der Waals surface area contributed by atoms with E-state index < -0.39 is 18.6 Å². The summed E-state index contributed by atoms with van der Waals surface area (Å²) in [5.74, 6) is 4.72. The van der Waals surface area contributed by atoms with Crippen molar-refractivity contribution in [1.29, 1.82) is 0 Å². The Labute approximate surface area is 113 Å². The Bertz CT molecular complexity index is 499. The van der Waals surface area contributed by atoms with Crippen molar-refractivity contribution in [2.24, 2.45) is 5.73 Å². The molecule has 0 saturated carbocycles. The standard InChI is InChI=1S/C12H13F3N2OS/c1-2-17(8-12(13,14)15)11(18)9-6-10(19-7-9)4-3-5-16/h6-7H,2,5,8,16H2,1H3. The quantitative estimate of drug-likeness (QED) is 0.866. The van der Waals surface area contributed by atoms with Gasteiger partial charge in [0.05, 0.1) is 17.0 Å². The highest BCUT2D eigenvalue weighted by atomic mass is 32.1. The molecule has 2 N–H and O–H groups in total. The van der Waals surface area contributed by atoms with E-state index in [1.165, 1.54) is 29.7 Å². The van der Waals surface area contributed by atoms with Crippen LogP contribution < -0.4 is 5.73 Å². The second-order valence-electron chi connectivity index (χ2n) is 3.64. The molecule has 3 nitrogen and oxygen atoms in total. The number of rotatable bonds is 3. The van der Waals surface area contributed by atoms with Crippen LogP contribution in [0.1, 0.15) is 22.2 Å². The topological polar surface area (TPSA) is 46.3 Å². The lowest BCUT2D eigenvalue weighted by Crippen LogP contribution is -2.38. The lowest BCUT2D eigenvalue weighted by molar-refractivity contribution is -0.140. The molecule has 0 aliphatic carbocycles. The van der Waals surface area contributed by atoms with Gasteiger partial charge < -0.3 is 10.6 Å². The first-order valence-corrected chi connectivity index (χ1v) is 6.39. The van der Waals surface area contributed by atoms with Crippen LogP contribution in [0.15, 0.2) is 11.4 Å². The summed E-state index contributed by atoms with van der Waals surface area (Å²) in [6.45, 7) is 0.446. The molecule has 0 fully saturated rings. The maximum atomic E-state index is 12.3. The van der Waals surface area contributed by atoms with Crippen LogP contribution in [0.25, 0.3) is 0 Å². The van der Waals surface area contributed by atoms with Gasteiger partial charge in [0.2, 0.25) is 0 Å². The molecule has 1 rings (SSSR count). The smallest absolute Gasteiger partial charge is 0.330 e. The molecule has 1 heterocycles. The lowest BCUT2D eigenvalue weighted by atomic mass is 10.2. The molecule has 1 aromatic heterocycles. The van der Waals surface area contributed by atoms with Crippen LogP contribution in [-0.2, 0) is 0 Å². The van der Waals surface area contributed by atoms with Crippen molar-refractivity contribution < 1.29 is 18.0 Å². The fourth-order valence-corrected chi connectivity index (χ4v) is 2.13. The summed E-state index contributed by atoms with van der Waals surface area (Å²) in [6, 6.07) is 1.48. The number of alkyl halides is 3. The Morgan fingerprint density at radius 3 is 2.74 bits per heavy atom. The molecule has 19 heavy (non-hydrogen) atoms. The summed E-state index contributed by atoms with van der Waals surface area (Å²) < 4.78 is 36.9. The Kier molecular flexibility index (Phi) is 5.39. The van der Waals surface area contributed by atoms with Crippen LogP contribution in [-0.4, -0.2) is 36.6 Å². The van der Waals surface area contributed by atoms with E-state index in [1.807, 2.05) is 0 Å². The molecule has 104 valence electrons. The molecule has 0 saturated heterocycles. The maximum absolute atomic E-state index is 12.3. The highest BCUT2D eigenvalue weighted by Gasteiger charge is 2.32. The number of nitrogens with two attached hydrogens (primary N) is 1. The van der Waals surface area contributed by atoms with Gasteiger partial charge in [0, 0.05) is 11.9 Å². The van der Waals surface area contributed by atoms with E-state index in [9.17, 15) is 18.0 Å². The molecule has 7 heteroatoms. The number of carbonyl (C=O) groups excluding carboxylic acids is 1. The highest BCUT2D eigenvalue weighted by Crippen LogP contribution is 2.20. The number of nitrogens with zero attached hydrogens (tertiary/aromatic N) is 1. The molecular weight excluding hydrogens is 277 g/mol. The Morgan fingerprint density at radius 1 is 1.53 bits per heavy atom. The van der Waals surface area contributed by atoms with E-state index in [0.717, 1.165) is 4.90 Å². The van der Waals surface area contributed by atoms with Gasteiger partial charge in [0.25, 0.3) is 5.91 Å². The summed E-state index contributed by atoms with van der Waals surface area (Å²) in [5.41, 5.74) is 5.43.